The first kappa shape index (κ1) is 14.9. The number of nitrogens with zero attached hydrogens (tertiary/aromatic N) is 2. The van der Waals surface area contributed by atoms with Gasteiger partial charge in [-0.3, -0.25) is 14.7 Å². The van der Waals surface area contributed by atoms with Gasteiger partial charge in [-0.05, 0) is 42.5 Å². The van der Waals surface area contributed by atoms with E-state index in [4.69, 9.17) is 4.74 Å². The van der Waals surface area contributed by atoms with E-state index in [9.17, 15) is 9.59 Å². The number of amides is 2. The zero-order valence-corrected chi connectivity index (χ0v) is 12.9. The number of benzene rings is 2. The van der Waals surface area contributed by atoms with Gasteiger partial charge in [-0.2, -0.15) is 5.10 Å². The largest absolute Gasteiger partial charge is 0.482 e. The fourth-order valence-electron chi connectivity index (χ4n) is 2.48. The molecule has 124 valence electrons. The monoisotopic (exact) mass is 335 g/mol. The number of hydrogen-bond donors (Lipinski definition) is 3. The molecule has 1 aromatic heterocycles. The van der Waals surface area contributed by atoms with Crippen molar-refractivity contribution < 1.29 is 14.3 Å². The minimum absolute atomic E-state index is 0.0544. The van der Waals surface area contributed by atoms with E-state index in [0.717, 1.165) is 5.56 Å². The molecule has 0 saturated carbocycles. The fourth-order valence-corrected chi connectivity index (χ4v) is 2.48. The molecule has 0 aliphatic carbocycles. The summed E-state index contributed by atoms with van der Waals surface area (Å²) in [5.41, 5.74) is 2.52. The van der Waals surface area contributed by atoms with Gasteiger partial charge in [-0.1, -0.05) is 0 Å². The van der Waals surface area contributed by atoms with Crippen LogP contribution >= 0.6 is 0 Å². The van der Waals surface area contributed by atoms with Crippen molar-refractivity contribution in [3.05, 3.63) is 54.4 Å². The molecule has 2 aromatic carbocycles. The molecule has 0 fully saturated rings. The van der Waals surface area contributed by atoms with Gasteiger partial charge in [-0.25, -0.2) is 4.98 Å². The van der Waals surface area contributed by atoms with Crippen molar-refractivity contribution in [1.29, 1.82) is 0 Å². The fraction of sp³-hybridized carbons (Fsp3) is 0.0588. The Kier molecular flexibility index (Phi) is 3.62. The normalized spacial score (nSPS) is 12.7. The summed E-state index contributed by atoms with van der Waals surface area (Å²) in [5, 5.41) is 12.1. The van der Waals surface area contributed by atoms with Crippen LogP contribution in [0.5, 0.6) is 5.75 Å². The Hall–Kier alpha value is -3.68. The topological polar surface area (TPSA) is 109 Å². The second-order valence-electron chi connectivity index (χ2n) is 5.41. The minimum atomic E-state index is -0.268. The summed E-state index contributed by atoms with van der Waals surface area (Å²) >= 11 is 0. The Morgan fingerprint density at radius 1 is 1.16 bits per heavy atom. The molecule has 8 heteroatoms. The number of hydrogen-bond acceptors (Lipinski definition) is 5. The Morgan fingerprint density at radius 3 is 2.76 bits per heavy atom. The maximum atomic E-state index is 12.4. The van der Waals surface area contributed by atoms with Crippen LogP contribution in [0.1, 0.15) is 10.4 Å². The van der Waals surface area contributed by atoms with Crippen molar-refractivity contribution in [3.63, 3.8) is 0 Å². The second kappa shape index (κ2) is 6.08. The van der Waals surface area contributed by atoms with E-state index in [-0.39, 0.29) is 18.4 Å². The lowest BCUT2D eigenvalue weighted by molar-refractivity contribution is -0.118. The van der Waals surface area contributed by atoms with Crippen LogP contribution in [0.2, 0.25) is 0 Å². The zero-order valence-electron chi connectivity index (χ0n) is 12.9. The van der Waals surface area contributed by atoms with Crippen LogP contribution in [-0.2, 0) is 4.79 Å². The molecular formula is C17H13N5O3. The van der Waals surface area contributed by atoms with E-state index in [1.165, 1.54) is 6.33 Å². The lowest BCUT2D eigenvalue weighted by Gasteiger charge is -2.18. The Balaban J connectivity index is 1.49. The van der Waals surface area contributed by atoms with Crippen LogP contribution in [-0.4, -0.2) is 33.6 Å². The predicted octanol–water partition coefficient (Wildman–Crippen LogP) is 2.05. The van der Waals surface area contributed by atoms with Crippen LogP contribution < -0.4 is 15.4 Å². The van der Waals surface area contributed by atoms with Gasteiger partial charge in [0.05, 0.1) is 5.69 Å². The van der Waals surface area contributed by atoms with Crippen molar-refractivity contribution in [2.24, 2.45) is 0 Å². The molecule has 25 heavy (non-hydrogen) atoms. The van der Waals surface area contributed by atoms with E-state index in [1.54, 1.807) is 30.3 Å². The molecular weight excluding hydrogens is 322 g/mol. The van der Waals surface area contributed by atoms with Gasteiger partial charge in [0.1, 0.15) is 12.1 Å². The van der Waals surface area contributed by atoms with Gasteiger partial charge in [0.2, 0.25) is 0 Å². The summed E-state index contributed by atoms with van der Waals surface area (Å²) in [6.45, 7) is -0.0544. The van der Waals surface area contributed by atoms with Gasteiger partial charge < -0.3 is 15.4 Å². The summed E-state index contributed by atoms with van der Waals surface area (Å²) in [6.07, 6.45) is 1.44. The lowest BCUT2D eigenvalue weighted by atomic mass is 10.1. The van der Waals surface area contributed by atoms with E-state index in [0.29, 0.717) is 28.5 Å². The van der Waals surface area contributed by atoms with Crippen LogP contribution in [0.3, 0.4) is 0 Å². The quantitative estimate of drug-likeness (QED) is 0.679. The summed E-state index contributed by atoms with van der Waals surface area (Å²) in [4.78, 5) is 27.7. The number of aromatic amines is 1. The van der Waals surface area contributed by atoms with Crippen LogP contribution in [0, 0.1) is 0 Å². The van der Waals surface area contributed by atoms with Crippen molar-refractivity contribution in [2.45, 2.75) is 0 Å². The molecule has 8 nitrogen and oxygen atoms in total. The van der Waals surface area contributed by atoms with Gasteiger partial charge in [0.25, 0.3) is 11.8 Å². The molecule has 0 atom stereocenters. The average Bonchev–Trinajstić information content (AvgIpc) is 3.16. The molecule has 3 aromatic rings. The number of nitrogens with one attached hydrogen (secondary N) is 3. The number of carbonyl (C=O) groups is 2. The van der Waals surface area contributed by atoms with Gasteiger partial charge in [0, 0.05) is 16.8 Å². The second-order valence-corrected chi connectivity index (χ2v) is 5.41. The summed E-state index contributed by atoms with van der Waals surface area (Å²) in [6, 6.07) is 12.1. The van der Waals surface area contributed by atoms with Gasteiger partial charge >= 0.3 is 0 Å². The molecule has 4 rings (SSSR count). The van der Waals surface area contributed by atoms with E-state index < -0.39 is 0 Å². The molecule has 2 heterocycles. The molecule has 0 bridgehead atoms. The number of fused-ring (bicyclic) bond motifs is 1. The van der Waals surface area contributed by atoms with Crippen LogP contribution in [0.4, 0.5) is 11.4 Å². The Morgan fingerprint density at radius 2 is 2.00 bits per heavy atom. The molecule has 0 radical (unpaired) electrons. The van der Waals surface area contributed by atoms with Gasteiger partial charge in [0.15, 0.2) is 12.4 Å². The highest BCUT2D eigenvalue weighted by molar-refractivity contribution is 6.05. The zero-order chi connectivity index (χ0) is 17.2. The number of anilines is 2. The Labute approximate surface area is 142 Å². The summed E-state index contributed by atoms with van der Waals surface area (Å²) in [5.74, 6) is 0.659. The number of carbonyl (C=O) groups excluding carboxylic acids is 2. The number of rotatable bonds is 3. The van der Waals surface area contributed by atoms with Crippen LogP contribution in [0.15, 0.2) is 48.8 Å². The third kappa shape index (κ3) is 3.05. The third-order valence-electron chi connectivity index (χ3n) is 3.71. The predicted molar refractivity (Wildman–Crippen MR) is 90.3 cm³/mol. The number of ether oxygens (including phenoxy) is 1. The first-order valence-electron chi connectivity index (χ1n) is 7.53. The average molecular weight is 335 g/mol. The van der Waals surface area contributed by atoms with E-state index in [2.05, 4.69) is 25.8 Å². The molecule has 0 saturated heterocycles. The van der Waals surface area contributed by atoms with E-state index >= 15 is 0 Å². The van der Waals surface area contributed by atoms with Crippen molar-refractivity contribution >= 4 is 23.2 Å². The highest BCUT2D eigenvalue weighted by atomic mass is 16.5. The highest BCUT2D eigenvalue weighted by Gasteiger charge is 2.18. The molecule has 1 aliphatic heterocycles. The van der Waals surface area contributed by atoms with Crippen LogP contribution in [0.25, 0.3) is 11.4 Å². The smallest absolute Gasteiger partial charge is 0.262 e. The molecule has 0 spiro atoms. The third-order valence-corrected chi connectivity index (χ3v) is 3.71. The summed E-state index contributed by atoms with van der Waals surface area (Å²) in [7, 11) is 0. The first-order chi connectivity index (χ1) is 12.2. The molecule has 1 aliphatic rings. The van der Waals surface area contributed by atoms with Crippen molar-refractivity contribution in [2.75, 3.05) is 17.2 Å². The lowest BCUT2D eigenvalue weighted by Crippen LogP contribution is -2.25. The maximum Gasteiger partial charge on any atom is 0.262 e. The van der Waals surface area contributed by atoms with Crippen molar-refractivity contribution in [3.8, 4) is 17.1 Å². The number of H-pyrrole nitrogens is 1. The summed E-state index contributed by atoms with van der Waals surface area (Å²) < 4.78 is 5.33. The SMILES string of the molecule is O=C1COc2cc(C(=O)Nc3ccc(-c4ncn[nH]4)cc3)ccc2N1. The van der Waals surface area contributed by atoms with Crippen molar-refractivity contribution in [1.82, 2.24) is 15.2 Å². The Bertz CT molecular complexity index is 935. The molecule has 3 N–H and O–H groups in total. The first-order valence-corrected chi connectivity index (χ1v) is 7.53. The molecule has 2 amide bonds. The van der Waals surface area contributed by atoms with Gasteiger partial charge in [-0.15, -0.1) is 0 Å². The molecule has 0 unspecified atom stereocenters. The number of aromatic nitrogens is 3. The minimum Gasteiger partial charge on any atom is -0.482 e. The highest BCUT2D eigenvalue weighted by Crippen LogP contribution is 2.29. The standard InChI is InChI=1S/C17H13N5O3/c23-15-8-25-14-7-11(3-6-13(14)21-15)17(24)20-12-4-1-10(2-5-12)16-18-9-19-22-16/h1-7,9H,8H2,(H,20,24)(H,21,23)(H,18,19,22). The van der Waals surface area contributed by atoms with E-state index in [1.807, 2.05) is 12.1 Å². The maximum absolute atomic E-state index is 12.4.